The molecule has 2 heterocycles. The molecule has 2 aromatic carbocycles. The van der Waals surface area contributed by atoms with Crippen LogP contribution in [0.2, 0.25) is 0 Å². The van der Waals surface area contributed by atoms with Gasteiger partial charge in [0.05, 0.1) is 29.5 Å². The highest BCUT2D eigenvalue weighted by molar-refractivity contribution is 6.13. The van der Waals surface area contributed by atoms with Crippen LogP contribution in [0.5, 0.6) is 17.2 Å². The number of fused-ring (bicyclic) bond motifs is 3. The van der Waals surface area contributed by atoms with Gasteiger partial charge >= 0.3 is 5.97 Å². The van der Waals surface area contributed by atoms with Gasteiger partial charge in [0.25, 0.3) is 5.91 Å². The molecule has 4 rings (SSSR count). The van der Waals surface area contributed by atoms with E-state index >= 15 is 0 Å². The monoisotopic (exact) mass is 521 g/mol. The highest BCUT2D eigenvalue weighted by Crippen LogP contribution is 2.47. The average molecular weight is 522 g/mol. The van der Waals surface area contributed by atoms with Crippen LogP contribution in [0.4, 0.5) is 5.69 Å². The van der Waals surface area contributed by atoms with Gasteiger partial charge in [-0.15, -0.1) is 0 Å². The predicted molar refractivity (Wildman–Crippen MR) is 144 cm³/mol. The van der Waals surface area contributed by atoms with Gasteiger partial charge in [0, 0.05) is 17.5 Å². The number of anilines is 1. The number of aromatic hydroxyl groups is 2. The lowest BCUT2D eigenvalue weighted by atomic mass is 9.84. The zero-order chi connectivity index (χ0) is 27.8. The van der Waals surface area contributed by atoms with Crippen LogP contribution in [-0.4, -0.2) is 44.0 Å². The summed E-state index contributed by atoms with van der Waals surface area (Å²) >= 11 is 0. The lowest BCUT2D eigenvalue weighted by molar-refractivity contribution is -0.0597. The van der Waals surface area contributed by atoms with E-state index in [-0.39, 0.29) is 41.3 Å². The van der Waals surface area contributed by atoms with Crippen molar-refractivity contribution in [1.29, 1.82) is 0 Å². The van der Waals surface area contributed by atoms with E-state index in [1.54, 1.807) is 0 Å². The van der Waals surface area contributed by atoms with Crippen LogP contribution in [0.15, 0.2) is 47.6 Å². The first-order valence-electron chi connectivity index (χ1n) is 12.8. The van der Waals surface area contributed by atoms with Crippen molar-refractivity contribution < 1.29 is 34.8 Å². The number of allylic oxidation sites excluding steroid dienone is 4. The number of phenolic OH excluding ortho intramolecular Hbond substituents is 2. The van der Waals surface area contributed by atoms with E-state index in [1.807, 2.05) is 6.92 Å². The molecule has 2 atom stereocenters. The minimum Gasteiger partial charge on any atom is -0.508 e. The zero-order valence-corrected chi connectivity index (χ0v) is 22.2. The van der Waals surface area contributed by atoms with Gasteiger partial charge in [-0.3, -0.25) is 4.79 Å². The van der Waals surface area contributed by atoms with Gasteiger partial charge in [-0.2, -0.15) is 0 Å². The van der Waals surface area contributed by atoms with Gasteiger partial charge in [-0.25, -0.2) is 4.79 Å². The Balaban J connectivity index is 1.60. The molecule has 0 spiro atoms. The van der Waals surface area contributed by atoms with Crippen LogP contribution >= 0.6 is 0 Å². The third-order valence-electron chi connectivity index (χ3n) is 7.42. The molecule has 0 aliphatic carbocycles. The van der Waals surface area contributed by atoms with Crippen LogP contribution in [0.1, 0.15) is 85.2 Å². The van der Waals surface area contributed by atoms with Gasteiger partial charge in [0.2, 0.25) is 0 Å². The van der Waals surface area contributed by atoms with E-state index < -0.39 is 23.6 Å². The van der Waals surface area contributed by atoms with Gasteiger partial charge < -0.3 is 30.1 Å². The molecule has 0 saturated heterocycles. The molecule has 0 fully saturated rings. The fourth-order valence-electron chi connectivity index (χ4n) is 5.12. The van der Waals surface area contributed by atoms with Crippen LogP contribution in [0.3, 0.4) is 0 Å². The second-order valence-corrected chi connectivity index (χ2v) is 10.7. The molecule has 8 nitrogen and oxygen atoms in total. The summed E-state index contributed by atoms with van der Waals surface area (Å²) in [7, 11) is 0. The van der Waals surface area contributed by atoms with Gasteiger partial charge in [0.1, 0.15) is 22.8 Å². The first-order valence-corrected chi connectivity index (χ1v) is 12.8. The molecular formula is C30H35NO7. The highest BCUT2D eigenvalue weighted by Gasteiger charge is 2.44. The number of nitrogens with zero attached hydrogens (tertiary/aromatic N) is 1. The van der Waals surface area contributed by atoms with E-state index in [0.717, 1.165) is 18.9 Å². The largest absolute Gasteiger partial charge is 0.508 e. The van der Waals surface area contributed by atoms with Gasteiger partial charge in [-0.05, 0) is 77.6 Å². The number of hydrogen-bond acceptors (Lipinski definition) is 6. The Morgan fingerprint density at radius 1 is 1.13 bits per heavy atom. The number of aromatic carboxylic acids is 1. The maximum atomic E-state index is 13.3. The third-order valence-corrected chi connectivity index (χ3v) is 7.42. The molecule has 1 amide bonds. The van der Waals surface area contributed by atoms with Crippen LogP contribution in [0, 0.1) is 0 Å². The summed E-state index contributed by atoms with van der Waals surface area (Å²) in [6.45, 7) is 8.12. The molecule has 0 saturated carbocycles. The second kappa shape index (κ2) is 10.5. The topological polar surface area (TPSA) is 128 Å². The minimum atomic E-state index is -1.28. The standard InChI is InChI=1S/C30H35NO7/c1-17(2)7-5-8-18(3)9-6-12-30(4)26(34)15-22-25(33)14-20-23(27(22)38-30)16-31(28(20)35)24-11-10-19(32)13-21(24)29(36)37/h7,9-11,13-14,26,32-34H,5-6,8,12,15-16H2,1-4H3,(H,36,37)/b18-9+/t26-,30-/m0/s1. The summed E-state index contributed by atoms with van der Waals surface area (Å²) in [6.07, 6.45) is 6.86. The lowest BCUT2D eigenvalue weighted by Gasteiger charge is -2.40. The number of benzene rings is 2. The molecule has 0 unspecified atom stereocenters. The molecule has 2 aliphatic rings. The molecule has 202 valence electrons. The molecule has 2 aliphatic heterocycles. The second-order valence-electron chi connectivity index (χ2n) is 10.7. The number of aliphatic hydroxyl groups is 1. The number of rotatable bonds is 8. The molecular weight excluding hydrogens is 486 g/mol. The molecule has 4 N–H and O–H groups in total. The lowest BCUT2D eigenvalue weighted by Crippen LogP contribution is -2.49. The maximum absolute atomic E-state index is 13.3. The first-order chi connectivity index (χ1) is 17.9. The first kappa shape index (κ1) is 27.3. The van der Waals surface area contributed by atoms with Gasteiger partial charge in [0.15, 0.2) is 0 Å². The van der Waals surface area contributed by atoms with Crippen molar-refractivity contribution in [3.63, 3.8) is 0 Å². The molecule has 8 heteroatoms. The number of amides is 1. The fourth-order valence-corrected chi connectivity index (χ4v) is 5.12. The Morgan fingerprint density at radius 2 is 1.87 bits per heavy atom. The number of carboxylic acids is 1. The number of aliphatic hydroxyl groups excluding tert-OH is 1. The Hall–Kier alpha value is -3.78. The fraction of sp³-hybridized carbons (Fsp3) is 0.400. The van der Waals surface area contributed by atoms with Crippen molar-refractivity contribution in [3.05, 3.63) is 69.8 Å². The van der Waals surface area contributed by atoms with Crippen molar-refractivity contribution >= 4 is 17.6 Å². The summed E-state index contributed by atoms with van der Waals surface area (Å²) in [4.78, 5) is 26.4. The Bertz CT molecular complexity index is 1340. The van der Waals surface area contributed by atoms with E-state index in [2.05, 4.69) is 32.9 Å². The quantitative estimate of drug-likeness (QED) is 0.339. The van der Waals surface area contributed by atoms with Crippen molar-refractivity contribution in [2.24, 2.45) is 0 Å². The van der Waals surface area contributed by atoms with Gasteiger partial charge in [-0.1, -0.05) is 23.3 Å². The van der Waals surface area contributed by atoms with Crippen molar-refractivity contribution in [3.8, 4) is 17.2 Å². The number of carbonyl (C=O) groups excluding carboxylic acids is 1. The van der Waals surface area contributed by atoms with Crippen molar-refractivity contribution in [1.82, 2.24) is 0 Å². The number of carboxylic acid groups (broad SMARTS) is 1. The number of hydrogen-bond donors (Lipinski definition) is 4. The SMILES string of the molecule is CC(C)=CCC/C(C)=C/CC[C@]1(C)Oc2c(c(O)cc3c2CN(c2ccc(O)cc2C(=O)O)C3=O)C[C@@H]1O. The Morgan fingerprint density at radius 3 is 2.55 bits per heavy atom. The summed E-state index contributed by atoms with van der Waals surface area (Å²) in [6, 6.07) is 5.16. The predicted octanol–water partition coefficient (Wildman–Crippen LogP) is 5.48. The van der Waals surface area contributed by atoms with E-state index in [1.165, 1.54) is 34.2 Å². The Labute approximate surface area is 222 Å². The maximum Gasteiger partial charge on any atom is 0.337 e. The molecule has 38 heavy (non-hydrogen) atoms. The van der Waals surface area contributed by atoms with Crippen LogP contribution < -0.4 is 9.64 Å². The summed E-state index contributed by atoms with van der Waals surface area (Å²) in [5.74, 6) is -1.75. The number of phenols is 2. The molecule has 0 radical (unpaired) electrons. The molecule has 0 bridgehead atoms. The normalized spacial score (nSPS) is 20.6. The summed E-state index contributed by atoms with van der Waals surface area (Å²) in [5, 5.41) is 41.1. The van der Waals surface area contributed by atoms with E-state index in [9.17, 15) is 30.0 Å². The van der Waals surface area contributed by atoms with Crippen molar-refractivity contribution in [2.45, 2.75) is 78.0 Å². The van der Waals surface area contributed by atoms with Crippen LogP contribution in [-0.2, 0) is 13.0 Å². The number of ether oxygens (including phenoxy) is 1. The van der Waals surface area contributed by atoms with Crippen molar-refractivity contribution in [2.75, 3.05) is 4.90 Å². The summed E-state index contributed by atoms with van der Waals surface area (Å²) in [5.41, 5.74) is 2.74. The Kier molecular flexibility index (Phi) is 7.56. The van der Waals surface area contributed by atoms with E-state index in [0.29, 0.717) is 29.7 Å². The van der Waals surface area contributed by atoms with E-state index in [4.69, 9.17) is 4.74 Å². The average Bonchev–Trinajstić information content (AvgIpc) is 3.16. The molecule has 0 aromatic heterocycles. The number of carbonyl (C=O) groups is 2. The zero-order valence-electron chi connectivity index (χ0n) is 22.2. The third kappa shape index (κ3) is 5.27. The molecule has 2 aromatic rings. The smallest absolute Gasteiger partial charge is 0.337 e. The highest BCUT2D eigenvalue weighted by atomic mass is 16.5. The van der Waals surface area contributed by atoms with Crippen LogP contribution in [0.25, 0.3) is 0 Å². The minimum absolute atomic E-state index is 0.0391. The summed E-state index contributed by atoms with van der Waals surface area (Å²) < 4.78 is 6.40.